The number of nitrogens with one attached hydrogen (secondary N) is 1. The lowest BCUT2D eigenvalue weighted by atomic mass is 9.84. The van der Waals surface area contributed by atoms with E-state index in [2.05, 4.69) is 47.2 Å². The highest BCUT2D eigenvalue weighted by molar-refractivity contribution is 9.10. The van der Waals surface area contributed by atoms with Crippen LogP contribution in [-0.2, 0) is 11.2 Å². The van der Waals surface area contributed by atoms with E-state index in [0.29, 0.717) is 0 Å². The summed E-state index contributed by atoms with van der Waals surface area (Å²) in [5, 5.41) is 3.58. The first kappa shape index (κ1) is 18.5. The van der Waals surface area contributed by atoms with Gasteiger partial charge in [-0.15, -0.1) is 0 Å². The van der Waals surface area contributed by atoms with E-state index in [9.17, 15) is 4.79 Å². The molecule has 4 heteroatoms. The average Bonchev–Trinajstić information content (AvgIpc) is 2.83. The predicted molar refractivity (Wildman–Crippen MR) is 106 cm³/mol. The number of carbonyl (C=O) groups is 1. The molecule has 1 aliphatic heterocycles. The van der Waals surface area contributed by atoms with Gasteiger partial charge in [-0.1, -0.05) is 25.7 Å². The fraction of sp³-hybridized carbons (Fsp3) is 0.571. The molecule has 0 bridgehead atoms. The number of benzene rings is 1. The first-order chi connectivity index (χ1) is 11.9. The Hall–Kier alpha value is -1.29. The Morgan fingerprint density at radius 1 is 1.24 bits per heavy atom. The quantitative estimate of drug-likeness (QED) is 0.550. The average molecular weight is 406 g/mol. The molecule has 0 amide bonds. The fourth-order valence-corrected chi connectivity index (χ4v) is 4.54. The number of fused-ring (bicyclic) bond motifs is 1. The molecular formula is C21H28BrNO2. The zero-order chi connectivity index (χ0) is 18.0. The molecule has 136 valence electrons. The Morgan fingerprint density at radius 2 is 1.92 bits per heavy atom. The van der Waals surface area contributed by atoms with Crippen LogP contribution in [0.4, 0.5) is 0 Å². The van der Waals surface area contributed by atoms with Crippen LogP contribution in [0.15, 0.2) is 22.7 Å². The summed E-state index contributed by atoms with van der Waals surface area (Å²) < 4.78 is 6.37. The van der Waals surface area contributed by atoms with Gasteiger partial charge in [0.1, 0.15) is 5.75 Å². The van der Waals surface area contributed by atoms with Crippen molar-refractivity contribution in [2.75, 3.05) is 7.11 Å². The monoisotopic (exact) mass is 405 g/mol. The van der Waals surface area contributed by atoms with Crippen molar-refractivity contribution in [3.05, 3.63) is 33.8 Å². The molecule has 0 radical (unpaired) electrons. The third-order valence-corrected chi connectivity index (χ3v) is 5.94. The van der Waals surface area contributed by atoms with Crippen molar-refractivity contribution in [3.8, 4) is 5.75 Å². The molecule has 0 aromatic heterocycles. The van der Waals surface area contributed by atoms with Gasteiger partial charge in [0.2, 0.25) is 0 Å². The van der Waals surface area contributed by atoms with Gasteiger partial charge in [0.25, 0.3) is 0 Å². The SMILES string of the molecule is COc1cc2c(cc1Br)/C(=C/C(=O)C1CCCCCC1)NC(C)(C)C2. The summed E-state index contributed by atoms with van der Waals surface area (Å²) in [5.41, 5.74) is 3.20. The Morgan fingerprint density at radius 3 is 2.56 bits per heavy atom. The molecule has 3 nitrogen and oxygen atoms in total. The number of methoxy groups -OCH3 is 1. The van der Waals surface area contributed by atoms with Crippen LogP contribution < -0.4 is 10.1 Å². The van der Waals surface area contributed by atoms with Gasteiger partial charge in [0.15, 0.2) is 5.78 Å². The summed E-state index contributed by atoms with van der Waals surface area (Å²) in [6.07, 6.45) is 9.71. The predicted octanol–water partition coefficient (Wildman–Crippen LogP) is 5.26. The van der Waals surface area contributed by atoms with Crippen molar-refractivity contribution in [3.63, 3.8) is 0 Å². The third-order valence-electron chi connectivity index (χ3n) is 5.32. The maximum absolute atomic E-state index is 12.9. The number of hydrogen-bond acceptors (Lipinski definition) is 3. The molecular weight excluding hydrogens is 378 g/mol. The highest BCUT2D eigenvalue weighted by Gasteiger charge is 2.30. The lowest BCUT2D eigenvalue weighted by Crippen LogP contribution is -2.44. The van der Waals surface area contributed by atoms with E-state index >= 15 is 0 Å². The van der Waals surface area contributed by atoms with Crippen LogP contribution in [0.5, 0.6) is 5.75 Å². The summed E-state index contributed by atoms with van der Waals surface area (Å²) in [6, 6.07) is 4.16. The molecule has 2 aliphatic rings. The summed E-state index contributed by atoms with van der Waals surface area (Å²) in [5.74, 6) is 1.30. The zero-order valence-corrected chi connectivity index (χ0v) is 17.0. The van der Waals surface area contributed by atoms with Crippen LogP contribution in [0.3, 0.4) is 0 Å². The lowest BCUT2D eigenvalue weighted by molar-refractivity contribution is -0.118. The molecule has 1 fully saturated rings. The van der Waals surface area contributed by atoms with E-state index in [1.54, 1.807) is 7.11 Å². The molecule has 0 spiro atoms. The number of halogens is 1. The number of carbonyl (C=O) groups excluding carboxylic acids is 1. The van der Waals surface area contributed by atoms with E-state index in [1.165, 1.54) is 31.2 Å². The maximum Gasteiger partial charge on any atom is 0.160 e. The molecule has 0 atom stereocenters. The summed E-state index contributed by atoms with van der Waals surface area (Å²) in [7, 11) is 1.69. The van der Waals surface area contributed by atoms with E-state index in [4.69, 9.17) is 4.74 Å². The molecule has 1 saturated carbocycles. The second kappa shape index (κ2) is 7.53. The van der Waals surface area contributed by atoms with Crippen molar-refractivity contribution >= 4 is 27.4 Å². The standard InChI is InChI=1S/C21H28BrNO2/c1-21(2)13-15-10-20(25-3)17(22)11-16(15)18(23-21)12-19(24)14-8-6-4-5-7-9-14/h10-12,14,23H,4-9,13H2,1-3H3/b18-12-. The second-order valence-corrected chi connectivity index (χ2v) is 8.83. The first-order valence-corrected chi connectivity index (χ1v) is 10.1. The first-order valence-electron chi connectivity index (χ1n) is 9.30. The zero-order valence-electron chi connectivity index (χ0n) is 15.5. The molecule has 0 saturated heterocycles. The van der Waals surface area contributed by atoms with Crippen LogP contribution >= 0.6 is 15.9 Å². The number of allylic oxidation sites excluding steroid dienone is 1. The van der Waals surface area contributed by atoms with E-state index in [-0.39, 0.29) is 17.2 Å². The molecule has 1 aromatic rings. The van der Waals surface area contributed by atoms with Crippen molar-refractivity contribution < 1.29 is 9.53 Å². The number of ketones is 1. The number of rotatable bonds is 3. The van der Waals surface area contributed by atoms with Crippen LogP contribution in [0.1, 0.15) is 63.5 Å². The summed E-state index contributed by atoms with van der Waals surface area (Å²) in [6.45, 7) is 4.35. The largest absolute Gasteiger partial charge is 0.496 e. The normalized spacial score (nSPS) is 22.0. The second-order valence-electron chi connectivity index (χ2n) is 7.98. The van der Waals surface area contributed by atoms with Crippen molar-refractivity contribution in [2.45, 2.75) is 64.3 Å². The minimum absolute atomic E-state index is 0.0819. The van der Waals surface area contributed by atoms with Gasteiger partial charge in [-0.25, -0.2) is 0 Å². The van der Waals surface area contributed by atoms with Gasteiger partial charge in [0.05, 0.1) is 11.6 Å². The minimum Gasteiger partial charge on any atom is -0.496 e. The van der Waals surface area contributed by atoms with E-state index in [0.717, 1.165) is 40.7 Å². The Bertz CT molecular complexity index is 685. The molecule has 3 rings (SSSR count). The van der Waals surface area contributed by atoms with Gasteiger partial charge in [-0.2, -0.15) is 0 Å². The Labute approximate surface area is 159 Å². The van der Waals surface area contributed by atoms with Gasteiger partial charge in [0, 0.05) is 28.8 Å². The van der Waals surface area contributed by atoms with Crippen molar-refractivity contribution in [2.24, 2.45) is 5.92 Å². The minimum atomic E-state index is -0.0819. The van der Waals surface area contributed by atoms with Gasteiger partial charge in [-0.3, -0.25) is 4.79 Å². The van der Waals surface area contributed by atoms with Gasteiger partial charge < -0.3 is 10.1 Å². The molecule has 25 heavy (non-hydrogen) atoms. The highest BCUT2D eigenvalue weighted by Crippen LogP contribution is 2.37. The molecule has 0 unspecified atom stereocenters. The number of ether oxygens (including phenoxy) is 1. The molecule has 1 aliphatic carbocycles. The van der Waals surface area contributed by atoms with Crippen molar-refractivity contribution in [1.82, 2.24) is 5.32 Å². The maximum atomic E-state index is 12.9. The molecule has 1 aromatic carbocycles. The Balaban J connectivity index is 1.95. The molecule has 1 N–H and O–H groups in total. The van der Waals surface area contributed by atoms with E-state index < -0.39 is 0 Å². The highest BCUT2D eigenvalue weighted by atomic mass is 79.9. The Kier molecular flexibility index (Phi) is 5.57. The molecule has 1 heterocycles. The lowest BCUT2D eigenvalue weighted by Gasteiger charge is -2.36. The van der Waals surface area contributed by atoms with Crippen LogP contribution in [0.25, 0.3) is 5.70 Å². The van der Waals surface area contributed by atoms with E-state index in [1.807, 2.05) is 6.08 Å². The van der Waals surface area contributed by atoms with Crippen LogP contribution in [0, 0.1) is 5.92 Å². The van der Waals surface area contributed by atoms with Gasteiger partial charge in [-0.05, 0) is 66.7 Å². The van der Waals surface area contributed by atoms with Crippen molar-refractivity contribution in [1.29, 1.82) is 0 Å². The van der Waals surface area contributed by atoms with Gasteiger partial charge >= 0.3 is 0 Å². The summed E-state index contributed by atoms with van der Waals surface area (Å²) >= 11 is 3.58. The third kappa shape index (κ3) is 4.28. The number of hydrogen-bond donors (Lipinski definition) is 1. The smallest absolute Gasteiger partial charge is 0.160 e. The summed E-state index contributed by atoms with van der Waals surface area (Å²) in [4.78, 5) is 12.9. The van der Waals surface area contributed by atoms with Crippen LogP contribution in [0.2, 0.25) is 0 Å². The topological polar surface area (TPSA) is 38.3 Å². The fourth-order valence-electron chi connectivity index (χ4n) is 4.04. The van der Waals surface area contributed by atoms with Crippen LogP contribution in [-0.4, -0.2) is 18.4 Å².